The van der Waals surface area contributed by atoms with Gasteiger partial charge in [0.25, 0.3) is 5.91 Å². The van der Waals surface area contributed by atoms with E-state index in [0.717, 1.165) is 16.6 Å². The molecule has 0 aliphatic carbocycles. The molecule has 1 amide bonds. The Bertz CT molecular complexity index is 1060. The third-order valence-corrected chi connectivity index (χ3v) is 3.83. The molecule has 0 saturated carbocycles. The first-order chi connectivity index (χ1) is 12.8. The van der Waals surface area contributed by atoms with Gasteiger partial charge in [0.05, 0.1) is 11.2 Å². The van der Waals surface area contributed by atoms with Gasteiger partial charge in [-0.25, -0.2) is 9.97 Å². The van der Waals surface area contributed by atoms with Crippen LogP contribution < -0.4 is 10.6 Å². The van der Waals surface area contributed by atoms with Crippen molar-refractivity contribution in [1.82, 2.24) is 15.0 Å². The van der Waals surface area contributed by atoms with Gasteiger partial charge in [0.2, 0.25) is 0 Å². The van der Waals surface area contributed by atoms with Crippen LogP contribution in [0.2, 0.25) is 0 Å². The quantitative estimate of drug-likeness (QED) is 0.586. The molecule has 0 bridgehead atoms. The van der Waals surface area contributed by atoms with Crippen LogP contribution in [0, 0.1) is 0 Å². The molecule has 26 heavy (non-hydrogen) atoms. The van der Waals surface area contributed by atoms with Crippen LogP contribution in [-0.4, -0.2) is 20.9 Å². The lowest BCUT2D eigenvalue weighted by molar-refractivity contribution is 0.102. The number of carbonyl (C=O) groups excluding carboxylic acids is 1. The van der Waals surface area contributed by atoms with Crippen molar-refractivity contribution in [1.29, 1.82) is 0 Å². The smallest absolute Gasteiger partial charge is 0.274 e. The van der Waals surface area contributed by atoms with Crippen molar-refractivity contribution in [3.05, 3.63) is 84.9 Å². The van der Waals surface area contributed by atoms with E-state index in [1.54, 1.807) is 12.3 Å². The van der Waals surface area contributed by atoms with E-state index in [4.69, 9.17) is 0 Å². The van der Waals surface area contributed by atoms with Gasteiger partial charge in [-0.2, -0.15) is 0 Å². The number of anilines is 3. The minimum atomic E-state index is -0.294. The van der Waals surface area contributed by atoms with Crippen molar-refractivity contribution in [2.75, 3.05) is 10.6 Å². The Morgan fingerprint density at radius 3 is 2.58 bits per heavy atom. The van der Waals surface area contributed by atoms with E-state index in [1.807, 2.05) is 60.7 Å². The molecule has 4 aromatic rings. The Morgan fingerprint density at radius 2 is 1.69 bits per heavy atom. The third kappa shape index (κ3) is 3.34. The van der Waals surface area contributed by atoms with Gasteiger partial charge in [-0.15, -0.1) is 0 Å². The minimum absolute atomic E-state index is 0.277. The number of amides is 1. The summed E-state index contributed by atoms with van der Waals surface area (Å²) in [4.78, 5) is 25.1. The zero-order valence-electron chi connectivity index (χ0n) is 13.8. The molecule has 2 heterocycles. The van der Waals surface area contributed by atoms with Crippen LogP contribution in [0.25, 0.3) is 10.9 Å². The average molecular weight is 341 g/mol. The summed E-state index contributed by atoms with van der Waals surface area (Å²) < 4.78 is 0. The van der Waals surface area contributed by atoms with Gasteiger partial charge in [0.1, 0.15) is 17.8 Å². The number of rotatable bonds is 4. The SMILES string of the molecule is O=C(Nc1ccccc1)c1cc(Nc2cccc3cccnc23)ncn1. The number of nitrogens with one attached hydrogen (secondary N) is 2. The van der Waals surface area contributed by atoms with Crippen LogP contribution in [0.15, 0.2) is 79.3 Å². The van der Waals surface area contributed by atoms with Crippen LogP contribution in [0.1, 0.15) is 10.5 Å². The predicted molar refractivity (Wildman–Crippen MR) is 101 cm³/mol. The lowest BCUT2D eigenvalue weighted by Gasteiger charge is -2.09. The molecule has 0 unspecified atom stereocenters. The minimum Gasteiger partial charge on any atom is -0.338 e. The Morgan fingerprint density at radius 1 is 0.846 bits per heavy atom. The van der Waals surface area contributed by atoms with Crippen molar-refractivity contribution in [3.63, 3.8) is 0 Å². The Labute approximate surface area is 150 Å². The van der Waals surface area contributed by atoms with Crippen molar-refractivity contribution in [3.8, 4) is 0 Å². The highest BCUT2D eigenvalue weighted by Crippen LogP contribution is 2.23. The molecule has 126 valence electrons. The molecule has 2 N–H and O–H groups in total. The Hall–Kier alpha value is -3.80. The van der Waals surface area contributed by atoms with Crippen LogP contribution >= 0.6 is 0 Å². The van der Waals surface area contributed by atoms with E-state index in [-0.39, 0.29) is 11.6 Å². The summed E-state index contributed by atoms with van der Waals surface area (Å²) in [6.45, 7) is 0. The summed E-state index contributed by atoms with van der Waals surface area (Å²) in [6, 6.07) is 20.6. The van der Waals surface area contributed by atoms with E-state index < -0.39 is 0 Å². The first kappa shape index (κ1) is 15.7. The van der Waals surface area contributed by atoms with Crippen LogP contribution in [0.5, 0.6) is 0 Å². The molecular formula is C20H15N5O. The average Bonchev–Trinajstić information content (AvgIpc) is 2.69. The number of hydrogen-bond donors (Lipinski definition) is 2. The van der Waals surface area contributed by atoms with Crippen molar-refractivity contribution in [2.24, 2.45) is 0 Å². The Balaban J connectivity index is 1.58. The molecule has 0 atom stereocenters. The summed E-state index contributed by atoms with van der Waals surface area (Å²) >= 11 is 0. The monoisotopic (exact) mass is 341 g/mol. The fraction of sp³-hybridized carbons (Fsp3) is 0. The summed E-state index contributed by atoms with van der Waals surface area (Å²) in [5, 5.41) is 7.04. The number of benzene rings is 2. The van der Waals surface area contributed by atoms with Gasteiger partial charge in [-0.3, -0.25) is 9.78 Å². The van der Waals surface area contributed by atoms with Gasteiger partial charge in [0, 0.05) is 23.3 Å². The van der Waals surface area contributed by atoms with E-state index in [1.165, 1.54) is 6.33 Å². The highest BCUT2D eigenvalue weighted by molar-refractivity contribution is 6.03. The lowest BCUT2D eigenvalue weighted by atomic mass is 10.2. The van der Waals surface area contributed by atoms with Gasteiger partial charge >= 0.3 is 0 Å². The normalized spacial score (nSPS) is 10.5. The molecule has 4 rings (SSSR count). The number of para-hydroxylation sites is 2. The molecule has 6 heteroatoms. The van der Waals surface area contributed by atoms with Gasteiger partial charge in [-0.1, -0.05) is 36.4 Å². The number of hydrogen-bond acceptors (Lipinski definition) is 5. The molecule has 0 spiro atoms. The maximum atomic E-state index is 12.4. The van der Waals surface area contributed by atoms with E-state index in [0.29, 0.717) is 11.5 Å². The fourth-order valence-electron chi connectivity index (χ4n) is 2.61. The molecule has 0 aliphatic rings. The topological polar surface area (TPSA) is 79.8 Å². The summed E-state index contributed by atoms with van der Waals surface area (Å²) in [5.41, 5.74) is 2.64. The molecule has 0 aliphatic heterocycles. The van der Waals surface area contributed by atoms with Crippen LogP contribution in [0.4, 0.5) is 17.2 Å². The van der Waals surface area contributed by atoms with E-state index in [2.05, 4.69) is 25.6 Å². The summed E-state index contributed by atoms with van der Waals surface area (Å²) in [6.07, 6.45) is 3.10. The summed E-state index contributed by atoms with van der Waals surface area (Å²) in [7, 11) is 0. The molecule has 2 aromatic carbocycles. The molecule has 0 fully saturated rings. The largest absolute Gasteiger partial charge is 0.338 e. The fourth-order valence-corrected chi connectivity index (χ4v) is 2.61. The zero-order valence-corrected chi connectivity index (χ0v) is 13.8. The maximum absolute atomic E-state index is 12.4. The molecular weight excluding hydrogens is 326 g/mol. The second-order valence-electron chi connectivity index (χ2n) is 5.61. The van der Waals surface area contributed by atoms with E-state index >= 15 is 0 Å². The van der Waals surface area contributed by atoms with E-state index in [9.17, 15) is 4.79 Å². The number of fused-ring (bicyclic) bond motifs is 1. The second-order valence-corrected chi connectivity index (χ2v) is 5.61. The highest BCUT2D eigenvalue weighted by Gasteiger charge is 2.10. The van der Waals surface area contributed by atoms with Gasteiger partial charge in [-0.05, 0) is 24.3 Å². The van der Waals surface area contributed by atoms with Gasteiger partial charge < -0.3 is 10.6 Å². The molecule has 2 aromatic heterocycles. The maximum Gasteiger partial charge on any atom is 0.274 e. The van der Waals surface area contributed by atoms with Crippen LogP contribution in [0.3, 0.4) is 0 Å². The van der Waals surface area contributed by atoms with Crippen molar-refractivity contribution >= 4 is 34.0 Å². The molecule has 6 nitrogen and oxygen atoms in total. The second kappa shape index (κ2) is 6.98. The van der Waals surface area contributed by atoms with Crippen LogP contribution in [-0.2, 0) is 0 Å². The standard InChI is InChI=1S/C20H15N5O/c26-20(24-15-8-2-1-3-9-15)17-12-18(23-13-22-17)25-16-10-4-6-14-7-5-11-21-19(14)16/h1-13H,(H,24,26)(H,22,23,25). The predicted octanol–water partition coefficient (Wildman–Crippen LogP) is 4.02. The van der Waals surface area contributed by atoms with Crippen molar-refractivity contribution in [2.45, 2.75) is 0 Å². The third-order valence-electron chi connectivity index (χ3n) is 3.83. The first-order valence-electron chi connectivity index (χ1n) is 8.09. The number of nitrogens with zero attached hydrogens (tertiary/aromatic N) is 3. The highest BCUT2D eigenvalue weighted by atomic mass is 16.1. The lowest BCUT2D eigenvalue weighted by Crippen LogP contribution is -2.14. The zero-order chi connectivity index (χ0) is 17.8. The molecule has 0 radical (unpaired) electrons. The molecule has 0 saturated heterocycles. The number of carbonyl (C=O) groups is 1. The Kier molecular flexibility index (Phi) is 4.22. The van der Waals surface area contributed by atoms with Gasteiger partial charge in [0.15, 0.2) is 0 Å². The van der Waals surface area contributed by atoms with Crippen molar-refractivity contribution < 1.29 is 4.79 Å². The number of pyridine rings is 1. The summed E-state index contributed by atoms with van der Waals surface area (Å²) in [5.74, 6) is 0.231. The number of aromatic nitrogens is 3. The first-order valence-corrected chi connectivity index (χ1v) is 8.09.